The highest BCUT2D eigenvalue weighted by Crippen LogP contribution is 2.50. The molecule has 146 valence electrons. The number of benzene rings is 2. The van der Waals surface area contributed by atoms with Crippen molar-refractivity contribution in [2.45, 2.75) is 24.7 Å². The highest BCUT2D eigenvalue weighted by atomic mass is 16.5. The van der Waals surface area contributed by atoms with Crippen LogP contribution in [0.15, 0.2) is 59.7 Å². The molecule has 3 N–H and O–H groups in total. The van der Waals surface area contributed by atoms with E-state index in [1.54, 1.807) is 7.11 Å². The van der Waals surface area contributed by atoms with Crippen molar-refractivity contribution in [2.75, 3.05) is 27.2 Å². The predicted octanol–water partition coefficient (Wildman–Crippen LogP) is 3.62. The van der Waals surface area contributed by atoms with Crippen molar-refractivity contribution >= 4 is 16.9 Å². The van der Waals surface area contributed by atoms with Crippen molar-refractivity contribution in [1.29, 1.82) is 0 Å². The van der Waals surface area contributed by atoms with Crippen LogP contribution in [0.25, 0.3) is 10.9 Å². The molecule has 28 heavy (non-hydrogen) atoms. The molecular weight excluding hydrogens is 348 g/mol. The Morgan fingerprint density at radius 3 is 2.68 bits per heavy atom. The summed E-state index contributed by atoms with van der Waals surface area (Å²) < 4.78 is 5.57. The van der Waals surface area contributed by atoms with Gasteiger partial charge in [0.05, 0.1) is 7.11 Å². The van der Waals surface area contributed by atoms with Crippen LogP contribution in [0.2, 0.25) is 0 Å². The lowest BCUT2D eigenvalue weighted by Gasteiger charge is -2.21. The van der Waals surface area contributed by atoms with Gasteiger partial charge in [0, 0.05) is 48.2 Å². The van der Waals surface area contributed by atoms with Gasteiger partial charge in [0.15, 0.2) is 5.96 Å². The SMILES string of the molecule is CN=C(NCCc1c[nH]c2ccccc12)NCC1(c2ccccc2OC)CC1. The number of aromatic amines is 1. The molecule has 1 aliphatic rings. The molecule has 1 heterocycles. The standard InChI is InChI=1S/C23H28N4O/c1-24-22(25-14-11-17-15-26-20-9-5-3-7-18(17)20)27-16-23(12-13-23)19-8-4-6-10-21(19)28-2/h3-10,15,26H,11-14,16H2,1-2H3,(H2,24,25,27). The first kappa shape index (κ1) is 18.4. The first-order valence-corrected chi connectivity index (χ1v) is 9.89. The van der Waals surface area contributed by atoms with Crippen LogP contribution in [0, 0.1) is 0 Å². The van der Waals surface area contributed by atoms with Gasteiger partial charge in [-0.2, -0.15) is 0 Å². The molecule has 5 nitrogen and oxygen atoms in total. The van der Waals surface area contributed by atoms with E-state index in [-0.39, 0.29) is 5.41 Å². The normalized spacial score (nSPS) is 15.4. The first-order chi connectivity index (χ1) is 13.8. The molecule has 3 aromatic rings. The molecule has 1 saturated carbocycles. The van der Waals surface area contributed by atoms with Gasteiger partial charge in [0.25, 0.3) is 0 Å². The Morgan fingerprint density at radius 1 is 1.11 bits per heavy atom. The third-order valence-corrected chi connectivity index (χ3v) is 5.71. The number of rotatable bonds is 7. The van der Waals surface area contributed by atoms with Gasteiger partial charge in [-0.3, -0.25) is 4.99 Å². The fourth-order valence-electron chi connectivity index (χ4n) is 3.90. The first-order valence-electron chi connectivity index (χ1n) is 9.89. The van der Waals surface area contributed by atoms with Gasteiger partial charge in [0.1, 0.15) is 5.75 Å². The van der Waals surface area contributed by atoms with Crippen LogP contribution in [0.5, 0.6) is 5.75 Å². The molecule has 0 spiro atoms. The quantitative estimate of drug-likeness (QED) is 0.436. The maximum absolute atomic E-state index is 5.57. The van der Waals surface area contributed by atoms with Crippen molar-refractivity contribution in [3.05, 3.63) is 65.9 Å². The molecule has 2 aromatic carbocycles. The van der Waals surface area contributed by atoms with Gasteiger partial charge in [-0.05, 0) is 37.0 Å². The lowest BCUT2D eigenvalue weighted by Crippen LogP contribution is -2.42. The van der Waals surface area contributed by atoms with Crippen LogP contribution in [-0.4, -0.2) is 38.2 Å². The van der Waals surface area contributed by atoms with E-state index in [1.807, 2.05) is 19.2 Å². The molecular formula is C23H28N4O. The zero-order valence-corrected chi connectivity index (χ0v) is 16.6. The van der Waals surface area contributed by atoms with Crippen molar-refractivity contribution < 1.29 is 4.74 Å². The highest BCUT2D eigenvalue weighted by Gasteiger charge is 2.46. The highest BCUT2D eigenvalue weighted by molar-refractivity contribution is 5.83. The number of guanidine groups is 1. The third-order valence-electron chi connectivity index (χ3n) is 5.71. The Bertz CT molecular complexity index is 971. The fraction of sp³-hybridized carbons (Fsp3) is 0.348. The molecule has 1 aliphatic carbocycles. The summed E-state index contributed by atoms with van der Waals surface area (Å²) in [6.45, 7) is 1.70. The average Bonchev–Trinajstić information content (AvgIpc) is 3.43. The van der Waals surface area contributed by atoms with Crippen LogP contribution >= 0.6 is 0 Å². The number of nitrogens with one attached hydrogen (secondary N) is 3. The molecule has 0 radical (unpaired) electrons. The van der Waals surface area contributed by atoms with Gasteiger partial charge in [-0.1, -0.05) is 36.4 Å². The monoisotopic (exact) mass is 376 g/mol. The number of ether oxygens (including phenoxy) is 1. The number of nitrogens with zero attached hydrogens (tertiary/aromatic N) is 1. The van der Waals surface area contributed by atoms with E-state index in [9.17, 15) is 0 Å². The second-order valence-corrected chi connectivity index (χ2v) is 7.44. The maximum Gasteiger partial charge on any atom is 0.191 e. The van der Waals surface area contributed by atoms with E-state index >= 15 is 0 Å². The molecule has 0 atom stereocenters. The number of hydrogen-bond donors (Lipinski definition) is 3. The summed E-state index contributed by atoms with van der Waals surface area (Å²) in [5, 5.41) is 8.25. The Morgan fingerprint density at radius 2 is 1.89 bits per heavy atom. The summed E-state index contributed by atoms with van der Waals surface area (Å²) >= 11 is 0. The summed E-state index contributed by atoms with van der Waals surface area (Å²) in [6.07, 6.45) is 5.39. The van der Waals surface area contributed by atoms with E-state index in [2.05, 4.69) is 63.2 Å². The fourth-order valence-corrected chi connectivity index (χ4v) is 3.90. The third kappa shape index (κ3) is 3.70. The summed E-state index contributed by atoms with van der Waals surface area (Å²) in [5.74, 6) is 1.82. The summed E-state index contributed by atoms with van der Waals surface area (Å²) in [6, 6.07) is 16.8. The zero-order chi connectivity index (χ0) is 19.4. The van der Waals surface area contributed by atoms with Crippen molar-refractivity contribution in [1.82, 2.24) is 15.6 Å². The van der Waals surface area contributed by atoms with Crippen LogP contribution < -0.4 is 15.4 Å². The Kier molecular flexibility index (Phi) is 5.24. The Hall–Kier alpha value is -2.95. The van der Waals surface area contributed by atoms with Crippen LogP contribution in [0.4, 0.5) is 0 Å². The van der Waals surface area contributed by atoms with E-state index in [0.29, 0.717) is 0 Å². The second kappa shape index (κ2) is 7.97. The van der Waals surface area contributed by atoms with Crippen LogP contribution in [-0.2, 0) is 11.8 Å². The van der Waals surface area contributed by atoms with Gasteiger partial charge in [-0.25, -0.2) is 0 Å². The van der Waals surface area contributed by atoms with Gasteiger partial charge in [-0.15, -0.1) is 0 Å². The predicted molar refractivity (Wildman–Crippen MR) is 115 cm³/mol. The number of para-hydroxylation sites is 2. The minimum Gasteiger partial charge on any atom is -0.496 e. The van der Waals surface area contributed by atoms with Crippen molar-refractivity contribution in [3.8, 4) is 5.75 Å². The molecule has 5 heteroatoms. The molecule has 0 bridgehead atoms. The topological polar surface area (TPSA) is 61.4 Å². The largest absolute Gasteiger partial charge is 0.496 e. The Labute approximate surface area is 166 Å². The smallest absolute Gasteiger partial charge is 0.191 e. The number of methoxy groups -OCH3 is 1. The van der Waals surface area contributed by atoms with E-state index in [1.165, 1.54) is 34.9 Å². The van der Waals surface area contributed by atoms with Gasteiger partial charge >= 0.3 is 0 Å². The van der Waals surface area contributed by atoms with Gasteiger partial charge in [0.2, 0.25) is 0 Å². The molecule has 0 saturated heterocycles. The summed E-state index contributed by atoms with van der Waals surface area (Å²) in [4.78, 5) is 7.73. The van der Waals surface area contributed by atoms with Crippen molar-refractivity contribution in [3.63, 3.8) is 0 Å². The van der Waals surface area contributed by atoms with Crippen LogP contribution in [0.1, 0.15) is 24.0 Å². The molecule has 1 aromatic heterocycles. The Balaban J connectivity index is 1.33. The summed E-state index contributed by atoms with van der Waals surface area (Å²) in [5.41, 5.74) is 3.96. The van der Waals surface area contributed by atoms with Gasteiger partial charge < -0.3 is 20.4 Å². The molecule has 0 aliphatic heterocycles. The second-order valence-electron chi connectivity index (χ2n) is 7.44. The maximum atomic E-state index is 5.57. The molecule has 0 amide bonds. The summed E-state index contributed by atoms with van der Waals surface area (Å²) in [7, 11) is 3.57. The molecule has 1 fully saturated rings. The van der Waals surface area contributed by atoms with Crippen LogP contribution in [0.3, 0.4) is 0 Å². The number of H-pyrrole nitrogens is 1. The zero-order valence-electron chi connectivity index (χ0n) is 16.6. The minimum absolute atomic E-state index is 0.154. The molecule has 0 unspecified atom stereocenters. The lowest BCUT2D eigenvalue weighted by molar-refractivity contribution is 0.403. The number of aromatic nitrogens is 1. The number of fused-ring (bicyclic) bond motifs is 1. The van der Waals surface area contributed by atoms with E-state index < -0.39 is 0 Å². The van der Waals surface area contributed by atoms with E-state index in [0.717, 1.165) is 31.2 Å². The van der Waals surface area contributed by atoms with E-state index in [4.69, 9.17) is 4.74 Å². The average molecular weight is 377 g/mol. The minimum atomic E-state index is 0.154. The molecule has 4 rings (SSSR count). The number of hydrogen-bond acceptors (Lipinski definition) is 2. The van der Waals surface area contributed by atoms with Crippen molar-refractivity contribution in [2.24, 2.45) is 4.99 Å². The number of aliphatic imine (C=N–C) groups is 1. The lowest BCUT2D eigenvalue weighted by atomic mass is 9.95.